The first kappa shape index (κ1) is 11.8. The van der Waals surface area contributed by atoms with E-state index in [1.807, 2.05) is 0 Å². The Balaban J connectivity index is 2.16. The maximum Gasteiger partial charge on any atom is 0.362 e. The summed E-state index contributed by atoms with van der Waals surface area (Å²) >= 11 is 0. The number of nitrogens with zero attached hydrogens (tertiary/aromatic N) is 1. The Kier molecular flexibility index (Phi) is 2.93. The van der Waals surface area contributed by atoms with Gasteiger partial charge in [-0.25, -0.2) is 4.31 Å². The summed E-state index contributed by atoms with van der Waals surface area (Å²) in [5, 5.41) is 0. The van der Waals surface area contributed by atoms with E-state index in [1.54, 1.807) is 0 Å². The van der Waals surface area contributed by atoms with E-state index >= 15 is 0 Å². The van der Waals surface area contributed by atoms with E-state index in [9.17, 15) is 13.2 Å². The van der Waals surface area contributed by atoms with Gasteiger partial charge >= 0.3 is 10.3 Å². The van der Waals surface area contributed by atoms with Gasteiger partial charge in [0.25, 0.3) is 5.91 Å². The Morgan fingerprint density at radius 3 is 2.31 bits per heavy atom. The largest absolute Gasteiger partial charge is 0.362 e. The minimum absolute atomic E-state index is 0.100. The van der Waals surface area contributed by atoms with Gasteiger partial charge in [0, 0.05) is 0 Å². The molecule has 3 N–H and O–H groups in total. The molecule has 7 heteroatoms. The van der Waals surface area contributed by atoms with Crippen LogP contribution in [0, 0.1) is 5.92 Å². The SMILES string of the molecule is N[C@H]1C(=O)N(S(=O)(=O)O)[C@@H]1C1CCCCC1. The van der Waals surface area contributed by atoms with Crippen LogP contribution in [0.2, 0.25) is 0 Å². The summed E-state index contributed by atoms with van der Waals surface area (Å²) in [6.07, 6.45) is 4.94. The number of hydrogen-bond acceptors (Lipinski definition) is 4. The monoisotopic (exact) mass is 248 g/mol. The Bertz CT molecular complexity index is 388. The second-order valence-electron chi connectivity index (χ2n) is 4.53. The highest BCUT2D eigenvalue weighted by molar-refractivity contribution is 7.84. The average Bonchev–Trinajstić information content (AvgIpc) is 2.23. The topological polar surface area (TPSA) is 101 Å². The zero-order valence-corrected chi connectivity index (χ0v) is 9.69. The lowest BCUT2D eigenvalue weighted by Gasteiger charge is -2.47. The van der Waals surface area contributed by atoms with Crippen molar-refractivity contribution in [3.63, 3.8) is 0 Å². The van der Waals surface area contributed by atoms with Gasteiger partial charge in [0.2, 0.25) is 0 Å². The van der Waals surface area contributed by atoms with Crippen molar-refractivity contribution in [1.82, 2.24) is 4.31 Å². The molecule has 92 valence electrons. The van der Waals surface area contributed by atoms with Gasteiger partial charge in [-0.1, -0.05) is 19.3 Å². The van der Waals surface area contributed by atoms with Crippen molar-refractivity contribution in [2.45, 2.75) is 44.2 Å². The van der Waals surface area contributed by atoms with Crippen molar-refractivity contribution in [2.75, 3.05) is 0 Å². The lowest BCUT2D eigenvalue weighted by atomic mass is 9.78. The zero-order valence-electron chi connectivity index (χ0n) is 8.87. The first-order valence-electron chi connectivity index (χ1n) is 5.49. The molecule has 0 aromatic carbocycles. The van der Waals surface area contributed by atoms with Gasteiger partial charge in [0.1, 0.15) is 6.04 Å². The summed E-state index contributed by atoms with van der Waals surface area (Å²) in [6.45, 7) is 0. The Labute approximate surface area is 94.7 Å². The molecule has 0 radical (unpaired) electrons. The molecule has 2 fully saturated rings. The number of amides is 1. The fourth-order valence-corrected chi connectivity index (χ4v) is 3.69. The Hall–Kier alpha value is -0.660. The number of hydrogen-bond donors (Lipinski definition) is 2. The summed E-state index contributed by atoms with van der Waals surface area (Å²) in [7, 11) is -4.44. The van der Waals surface area contributed by atoms with Gasteiger partial charge in [-0.15, -0.1) is 0 Å². The highest BCUT2D eigenvalue weighted by Gasteiger charge is 2.54. The number of nitrogens with two attached hydrogens (primary N) is 1. The van der Waals surface area contributed by atoms with Crippen LogP contribution in [0.5, 0.6) is 0 Å². The molecule has 2 rings (SSSR count). The minimum Gasteiger partial charge on any atom is -0.318 e. The lowest BCUT2D eigenvalue weighted by molar-refractivity contribution is -0.143. The van der Waals surface area contributed by atoms with Crippen LogP contribution >= 0.6 is 0 Å². The maximum atomic E-state index is 11.3. The molecule has 1 aliphatic carbocycles. The summed E-state index contributed by atoms with van der Waals surface area (Å²) in [4.78, 5) is 11.3. The van der Waals surface area contributed by atoms with Crippen LogP contribution in [0.3, 0.4) is 0 Å². The number of β-lactam (4-membered cyclic amide) rings is 1. The number of carbonyl (C=O) groups is 1. The average molecular weight is 248 g/mol. The van der Waals surface area contributed by atoms with Crippen molar-refractivity contribution in [1.29, 1.82) is 0 Å². The maximum absolute atomic E-state index is 11.3. The molecular formula is C9H16N2O4S. The third-order valence-corrected chi connectivity index (χ3v) is 4.44. The van der Waals surface area contributed by atoms with Crippen LogP contribution < -0.4 is 5.73 Å². The van der Waals surface area contributed by atoms with Gasteiger partial charge in [0.15, 0.2) is 0 Å². The molecule has 1 aliphatic heterocycles. The molecule has 0 bridgehead atoms. The highest BCUT2D eigenvalue weighted by Crippen LogP contribution is 2.36. The molecule has 1 saturated carbocycles. The molecule has 1 heterocycles. The van der Waals surface area contributed by atoms with Crippen LogP contribution in [-0.2, 0) is 15.1 Å². The fourth-order valence-electron chi connectivity index (χ4n) is 2.73. The van der Waals surface area contributed by atoms with Gasteiger partial charge in [-0.3, -0.25) is 9.35 Å². The van der Waals surface area contributed by atoms with Crippen LogP contribution in [0.25, 0.3) is 0 Å². The molecule has 0 spiro atoms. The lowest BCUT2D eigenvalue weighted by Crippen LogP contribution is -2.72. The second-order valence-corrected chi connectivity index (χ2v) is 5.82. The van der Waals surface area contributed by atoms with Crippen molar-refractivity contribution in [3.05, 3.63) is 0 Å². The van der Waals surface area contributed by atoms with Crippen LogP contribution in [0.15, 0.2) is 0 Å². The standard InChI is InChI=1S/C9H16N2O4S/c10-7-8(6-4-2-1-3-5-6)11(9(7)12)16(13,14)15/h6-8H,1-5,10H2,(H,13,14,15)/t7-,8-/m1/s1. The van der Waals surface area contributed by atoms with E-state index in [-0.39, 0.29) is 5.92 Å². The molecule has 6 nitrogen and oxygen atoms in total. The zero-order chi connectivity index (χ0) is 11.9. The highest BCUT2D eigenvalue weighted by atomic mass is 32.2. The Morgan fingerprint density at radius 2 is 1.81 bits per heavy atom. The van der Waals surface area contributed by atoms with E-state index in [0.29, 0.717) is 4.31 Å². The fraction of sp³-hybridized carbons (Fsp3) is 0.889. The first-order valence-corrected chi connectivity index (χ1v) is 6.89. The summed E-state index contributed by atoms with van der Waals surface area (Å²) in [5.74, 6) is -0.596. The molecule has 0 aromatic heterocycles. The van der Waals surface area contributed by atoms with E-state index in [2.05, 4.69) is 0 Å². The van der Waals surface area contributed by atoms with Gasteiger partial charge < -0.3 is 5.73 Å². The third-order valence-electron chi connectivity index (χ3n) is 3.52. The molecule has 16 heavy (non-hydrogen) atoms. The predicted octanol–water partition coefficient (Wildman–Crippen LogP) is -0.0924. The Morgan fingerprint density at radius 1 is 1.25 bits per heavy atom. The summed E-state index contributed by atoms with van der Waals surface area (Å²) in [5.41, 5.74) is 5.62. The first-order chi connectivity index (χ1) is 7.43. The van der Waals surface area contributed by atoms with Crippen LogP contribution in [-0.4, -0.2) is 35.3 Å². The van der Waals surface area contributed by atoms with E-state index in [4.69, 9.17) is 10.3 Å². The van der Waals surface area contributed by atoms with Crippen molar-refractivity contribution >= 4 is 16.2 Å². The molecule has 2 atom stereocenters. The van der Waals surface area contributed by atoms with Crippen molar-refractivity contribution in [2.24, 2.45) is 11.7 Å². The molecule has 0 unspecified atom stereocenters. The molecule has 1 amide bonds. The second kappa shape index (κ2) is 3.97. The minimum atomic E-state index is -4.44. The van der Waals surface area contributed by atoms with Crippen LogP contribution in [0.4, 0.5) is 0 Å². The van der Waals surface area contributed by atoms with Crippen molar-refractivity contribution in [3.8, 4) is 0 Å². The molecule has 1 saturated heterocycles. The summed E-state index contributed by atoms with van der Waals surface area (Å²) < 4.78 is 31.6. The van der Waals surface area contributed by atoms with Gasteiger partial charge in [-0.2, -0.15) is 8.42 Å². The number of carbonyl (C=O) groups excluding carboxylic acids is 1. The van der Waals surface area contributed by atoms with E-state index in [0.717, 1.165) is 32.1 Å². The van der Waals surface area contributed by atoms with E-state index < -0.39 is 28.3 Å². The van der Waals surface area contributed by atoms with Gasteiger partial charge in [0.05, 0.1) is 6.04 Å². The van der Waals surface area contributed by atoms with E-state index in [1.165, 1.54) is 0 Å². The molecule has 2 aliphatic rings. The predicted molar refractivity (Wildman–Crippen MR) is 56.7 cm³/mol. The van der Waals surface area contributed by atoms with Gasteiger partial charge in [-0.05, 0) is 18.8 Å². The smallest absolute Gasteiger partial charge is 0.318 e. The normalized spacial score (nSPS) is 32.6. The quantitative estimate of drug-likeness (QED) is 0.525. The summed E-state index contributed by atoms with van der Waals surface area (Å²) in [6, 6.07) is -1.31. The number of rotatable bonds is 2. The molecular weight excluding hydrogens is 232 g/mol. The third kappa shape index (κ3) is 1.83. The van der Waals surface area contributed by atoms with Crippen LogP contribution in [0.1, 0.15) is 32.1 Å². The van der Waals surface area contributed by atoms with Crippen molar-refractivity contribution < 1.29 is 17.8 Å². The molecule has 0 aromatic rings.